The number of hydrogen-bond acceptors (Lipinski definition) is 2. The summed E-state index contributed by atoms with van der Waals surface area (Å²) in [5, 5.41) is 0. The molecular weight excluding hydrogens is 246 g/mol. The second-order valence-electron chi connectivity index (χ2n) is 4.63. The van der Waals surface area contributed by atoms with Gasteiger partial charge in [-0.2, -0.15) is 0 Å². The summed E-state index contributed by atoms with van der Waals surface area (Å²) in [6.45, 7) is 0.399. The van der Waals surface area contributed by atoms with Gasteiger partial charge in [-0.3, -0.25) is 4.79 Å². The van der Waals surface area contributed by atoms with Crippen LogP contribution in [0.25, 0.3) is 0 Å². The molecule has 1 atom stereocenters. The van der Waals surface area contributed by atoms with Gasteiger partial charge in [0.05, 0.1) is 4.99 Å². The molecule has 1 aliphatic carbocycles. The molecule has 1 saturated carbocycles. The molecule has 0 heterocycles. The van der Waals surface area contributed by atoms with E-state index in [-0.39, 0.29) is 18.7 Å². The molecule has 1 aliphatic rings. The third-order valence-corrected chi connectivity index (χ3v) is 3.26. The summed E-state index contributed by atoms with van der Waals surface area (Å²) in [6.07, 6.45) is 0.954. The monoisotopic (exact) mass is 264 g/mol. The molecular formula is C11H18F2N2OS. The molecule has 6 heteroatoms. The average Bonchev–Trinajstić information content (AvgIpc) is 2.23. The van der Waals surface area contributed by atoms with Crippen LogP contribution in [0.15, 0.2) is 0 Å². The maximum Gasteiger partial charge on any atom is 0.248 e. The molecule has 0 aromatic carbocycles. The molecule has 0 aliphatic heterocycles. The summed E-state index contributed by atoms with van der Waals surface area (Å²) in [4.78, 5) is 13.7. The highest BCUT2D eigenvalue weighted by molar-refractivity contribution is 7.80. The van der Waals surface area contributed by atoms with Gasteiger partial charge < -0.3 is 10.6 Å². The van der Waals surface area contributed by atoms with Gasteiger partial charge in [0.2, 0.25) is 11.8 Å². The summed E-state index contributed by atoms with van der Waals surface area (Å²) in [5.41, 5.74) is 5.34. The van der Waals surface area contributed by atoms with E-state index in [1.54, 1.807) is 7.05 Å². The van der Waals surface area contributed by atoms with E-state index in [1.807, 2.05) is 0 Å². The van der Waals surface area contributed by atoms with Crippen molar-refractivity contribution in [3.63, 3.8) is 0 Å². The number of hydrogen-bond donors (Lipinski definition) is 1. The highest BCUT2D eigenvalue weighted by Crippen LogP contribution is 2.37. The SMILES string of the molecule is CN(CCC(N)=S)C(=O)C1CCCC(F)(F)C1. The number of amides is 1. The molecule has 1 unspecified atom stereocenters. The lowest BCUT2D eigenvalue weighted by Gasteiger charge is -2.30. The highest BCUT2D eigenvalue weighted by atomic mass is 32.1. The zero-order valence-electron chi connectivity index (χ0n) is 9.92. The zero-order valence-corrected chi connectivity index (χ0v) is 10.7. The topological polar surface area (TPSA) is 46.3 Å². The third-order valence-electron chi connectivity index (χ3n) is 3.06. The Labute approximate surface area is 105 Å². The number of nitrogens with two attached hydrogens (primary N) is 1. The number of alkyl halides is 2. The number of halogens is 2. The van der Waals surface area contributed by atoms with Gasteiger partial charge in [-0.25, -0.2) is 8.78 Å². The van der Waals surface area contributed by atoms with Crippen LogP contribution in [0.5, 0.6) is 0 Å². The minimum absolute atomic E-state index is 0.104. The predicted molar refractivity (Wildman–Crippen MR) is 65.9 cm³/mol. The molecule has 98 valence electrons. The van der Waals surface area contributed by atoms with Crippen LogP contribution in [-0.2, 0) is 4.79 Å². The van der Waals surface area contributed by atoms with Crippen LogP contribution in [0, 0.1) is 5.92 Å². The van der Waals surface area contributed by atoms with Gasteiger partial charge in [-0.15, -0.1) is 0 Å². The molecule has 3 nitrogen and oxygen atoms in total. The number of carbonyl (C=O) groups is 1. The van der Waals surface area contributed by atoms with Crippen molar-refractivity contribution in [3.05, 3.63) is 0 Å². The third kappa shape index (κ3) is 4.53. The summed E-state index contributed by atoms with van der Waals surface area (Å²) >= 11 is 4.71. The van der Waals surface area contributed by atoms with Crippen molar-refractivity contribution < 1.29 is 13.6 Å². The summed E-state index contributed by atoms with van der Waals surface area (Å²) in [6, 6.07) is 0. The first kappa shape index (κ1) is 14.3. The molecule has 0 bridgehead atoms. The summed E-state index contributed by atoms with van der Waals surface area (Å²) in [5.74, 6) is -3.47. The molecule has 17 heavy (non-hydrogen) atoms. The molecule has 1 amide bonds. The smallest absolute Gasteiger partial charge is 0.248 e. The van der Waals surface area contributed by atoms with Crippen molar-refractivity contribution in [1.29, 1.82) is 0 Å². The van der Waals surface area contributed by atoms with Crippen molar-refractivity contribution >= 4 is 23.1 Å². The first-order valence-corrected chi connectivity index (χ1v) is 6.14. The van der Waals surface area contributed by atoms with E-state index in [1.165, 1.54) is 4.90 Å². The van der Waals surface area contributed by atoms with Crippen LogP contribution >= 0.6 is 12.2 Å². The Bertz CT molecular complexity index is 310. The van der Waals surface area contributed by atoms with Crippen LogP contribution in [0.1, 0.15) is 32.1 Å². The number of thiocarbonyl (C=S) groups is 1. The average molecular weight is 264 g/mol. The van der Waals surface area contributed by atoms with Gasteiger partial charge in [0.1, 0.15) is 0 Å². The summed E-state index contributed by atoms with van der Waals surface area (Å²) < 4.78 is 26.4. The van der Waals surface area contributed by atoms with Gasteiger partial charge in [0.25, 0.3) is 0 Å². The number of rotatable bonds is 4. The molecule has 0 saturated heterocycles. The minimum atomic E-state index is -2.69. The standard InChI is InChI=1S/C11H18F2N2OS/c1-15(6-4-9(14)17)10(16)8-3-2-5-11(12,13)7-8/h8H,2-7H2,1H3,(H2,14,17). The first-order valence-electron chi connectivity index (χ1n) is 5.73. The first-order chi connectivity index (χ1) is 7.82. The van der Waals surface area contributed by atoms with Crippen LogP contribution in [0.4, 0.5) is 8.78 Å². The fraction of sp³-hybridized carbons (Fsp3) is 0.818. The van der Waals surface area contributed by atoms with Crippen molar-refractivity contribution in [2.75, 3.05) is 13.6 Å². The molecule has 0 aromatic heterocycles. The van der Waals surface area contributed by atoms with E-state index >= 15 is 0 Å². The van der Waals surface area contributed by atoms with Gasteiger partial charge in [-0.05, 0) is 12.8 Å². The predicted octanol–water partition coefficient (Wildman–Crippen LogP) is 1.95. The maximum atomic E-state index is 13.2. The van der Waals surface area contributed by atoms with Crippen molar-refractivity contribution in [2.24, 2.45) is 11.7 Å². The molecule has 0 radical (unpaired) electrons. The highest BCUT2D eigenvalue weighted by Gasteiger charge is 2.39. The largest absolute Gasteiger partial charge is 0.393 e. The Morgan fingerprint density at radius 1 is 1.59 bits per heavy atom. The van der Waals surface area contributed by atoms with Crippen LogP contribution in [-0.4, -0.2) is 35.3 Å². The molecule has 0 aromatic rings. The number of carbonyl (C=O) groups excluding carboxylic acids is 1. The van der Waals surface area contributed by atoms with Gasteiger partial charge >= 0.3 is 0 Å². The van der Waals surface area contributed by atoms with E-state index in [0.29, 0.717) is 30.8 Å². The Hall–Kier alpha value is -0.780. The second kappa shape index (κ2) is 5.71. The fourth-order valence-electron chi connectivity index (χ4n) is 2.08. The fourth-order valence-corrected chi connectivity index (χ4v) is 2.17. The molecule has 1 fully saturated rings. The van der Waals surface area contributed by atoms with Crippen LogP contribution < -0.4 is 5.73 Å². The quantitative estimate of drug-likeness (QED) is 0.789. The Kier molecular flexibility index (Phi) is 4.80. The van der Waals surface area contributed by atoms with E-state index in [4.69, 9.17) is 18.0 Å². The lowest BCUT2D eigenvalue weighted by atomic mass is 9.85. The molecule has 0 spiro atoms. The van der Waals surface area contributed by atoms with Crippen molar-refractivity contribution in [3.8, 4) is 0 Å². The Balaban J connectivity index is 2.48. The Morgan fingerprint density at radius 2 is 2.24 bits per heavy atom. The normalized spacial score (nSPS) is 23.1. The maximum absolute atomic E-state index is 13.2. The Morgan fingerprint density at radius 3 is 2.76 bits per heavy atom. The summed E-state index contributed by atoms with van der Waals surface area (Å²) in [7, 11) is 1.60. The lowest BCUT2D eigenvalue weighted by molar-refractivity contribution is -0.141. The van der Waals surface area contributed by atoms with Crippen molar-refractivity contribution in [2.45, 2.75) is 38.0 Å². The van der Waals surface area contributed by atoms with Gasteiger partial charge in [0.15, 0.2) is 0 Å². The second-order valence-corrected chi connectivity index (χ2v) is 5.15. The van der Waals surface area contributed by atoms with Crippen LogP contribution in [0.2, 0.25) is 0 Å². The van der Waals surface area contributed by atoms with E-state index in [2.05, 4.69) is 0 Å². The number of nitrogens with zero attached hydrogens (tertiary/aromatic N) is 1. The van der Waals surface area contributed by atoms with Crippen LogP contribution in [0.3, 0.4) is 0 Å². The van der Waals surface area contributed by atoms with E-state index in [0.717, 1.165) is 0 Å². The molecule has 2 N–H and O–H groups in total. The molecule has 1 rings (SSSR count). The van der Waals surface area contributed by atoms with Crippen molar-refractivity contribution in [1.82, 2.24) is 4.90 Å². The zero-order chi connectivity index (χ0) is 13.1. The lowest BCUT2D eigenvalue weighted by Crippen LogP contribution is -2.39. The minimum Gasteiger partial charge on any atom is -0.393 e. The van der Waals surface area contributed by atoms with Gasteiger partial charge in [0, 0.05) is 38.8 Å². The van der Waals surface area contributed by atoms with Gasteiger partial charge in [-0.1, -0.05) is 12.2 Å². The van der Waals surface area contributed by atoms with E-state index in [9.17, 15) is 13.6 Å². The van der Waals surface area contributed by atoms with E-state index < -0.39 is 11.8 Å².